The first-order chi connectivity index (χ1) is 11.0. The summed E-state index contributed by atoms with van der Waals surface area (Å²) >= 11 is 0. The van der Waals surface area contributed by atoms with Crippen molar-refractivity contribution in [1.82, 2.24) is 5.32 Å². The second kappa shape index (κ2) is 6.08. The molecule has 23 heavy (non-hydrogen) atoms. The standard InChI is InChI=1S/C18H17F2NO2/c19-15-6-5-13(9-16(15)20)17(22)21-11-18(23)8-7-12-3-1-2-4-14(12)10-18/h1-6,9,23H,7-8,10-11H2,(H,21,22)/t18-/m0/s1. The van der Waals surface area contributed by atoms with Crippen molar-refractivity contribution < 1.29 is 18.7 Å². The first kappa shape index (κ1) is 15.6. The van der Waals surface area contributed by atoms with E-state index in [1.54, 1.807) is 0 Å². The van der Waals surface area contributed by atoms with E-state index in [9.17, 15) is 18.7 Å². The summed E-state index contributed by atoms with van der Waals surface area (Å²) in [5.41, 5.74) is 1.29. The molecule has 0 radical (unpaired) electrons. The van der Waals surface area contributed by atoms with Crippen LogP contribution >= 0.6 is 0 Å². The lowest BCUT2D eigenvalue weighted by molar-refractivity contribution is 0.0260. The van der Waals surface area contributed by atoms with Crippen LogP contribution in [0.1, 0.15) is 27.9 Å². The predicted molar refractivity (Wildman–Crippen MR) is 82.1 cm³/mol. The Hall–Kier alpha value is -2.27. The Balaban J connectivity index is 1.66. The monoisotopic (exact) mass is 317 g/mol. The molecule has 0 bridgehead atoms. The molecule has 0 unspecified atom stereocenters. The molecule has 0 aromatic heterocycles. The molecule has 1 aliphatic carbocycles. The van der Waals surface area contributed by atoms with Gasteiger partial charge in [-0.2, -0.15) is 0 Å². The molecule has 1 aliphatic rings. The van der Waals surface area contributed by atoms with Crippen LogP contribution in [0.5, 0.6) is 0 Å². The highest BCUT2D eigenvalue weighted by Gasteiger charge is 2.32. The third-order valence-electron chi connectivity index (χ3n) is 4.26. The van der Waals surface area contributed by atoms with Gasteiger partial charge < -0.3 is 10.4 Å². The maximum atomic E-state index is 13.2. The zero-order valence-corrected chi connectivity index (χ0v) is 12.5. The lowest BCUT2D eigenvalue weighted by atomic mass is 9.80. The number of carbonyl (C=O) groups is 1. The number of benzene rings is 2. The van der Waals surface area contributed by atoms with Crippen molar-refractivity contribution in [3.8, 4) is 0 Å². The highest BCUT2D eigenvalue weighted by atomic mass is 19.2. The molecular weight excluding hydrogens is 300 g/mol. The third-order valence-corrected chi connectivity index (χ3v) is 4.26. The molecule has 1 amide bonds. The van der Waals surface area contributed by atoms with Crippen LogP contribution in [0.2, 0.25) is 0 Å². The summed E-state index contributed by atoms with van der Waals surface area (Å²) in [6, 6.07) is 10.9. The smallest absolute Gasteiger partial charge is 0.251 e. The fraction of sp³-hybridized carbons (Fsp3) is 0.278. The molecule has 3 nitrogen and oxygen atoms in total. The molecular formula is C18H17F2NO2. The Bertz CT molecular complexity index is 748. The minimum atomic E-state index is -1.07. The van der Waals surface area contributed by atoms with Crippen molar-refractivity contribution in [3.63, 3.8) is 0 Å². The van der Waals surface area contributed by atoms with Crippen molar-refractivity contribution in [2.45, 2.75) is 24.9 Å². The molecule has 2 N–H and O–H groups in total. The van der Waals surface area contributed by atoms with Gasteiger partial charge in [-0.1, -0.05) is 24.3 Å². The second-order valence-electron chi connectivity index (χ2n) is 5.98. The summed E-state index contributed by atoms with van der Waals surface area (Å²) in [6.45, 7) is 0.0686. The zero-order valence-electron chi connectivity index (χ0n) is 12.5. The summed E-state index contributed by atoms with van der Waals surface area (Å²) in [4.78, 5) is 12.0. The molecule has 0 aliphatic heterocycles. The van der Waals surface area contributed by atoms with Crippen LogP contribution in [0.4, 0.5) is 8.78 Å². The van der Waals surface area contributed by atoms with Crippen LogP contribution < -0.4 is 5.32 Å². The summed E-state index contributed by atoms with van der Waals surface area (Å²) in [6.07, 6.45) is 1.75. The summed E-state index contributed by atoms with van der Waals surface area (Å²) in [5, 5.41) is 13.3. The number of fused-ring (bicyclic) bond motifs is 1. The molecule has 3 rings (SSSR count). The molecule has 5 heteroatoms. The van der Waals surface area contributed by atoms with E-state index < -0.39 is 23.1 Å². The zero-order chi connectivity index (χ0) is 16.4. The van der Waals surface area contributed by atoms with Gasteiger partial charge in [-0.15, -0.1) is 0 Å². The van der Waals surface area contributed by atoms with Gasteiger partial charge in [-0.05, 0) is 42.2 Å². The molecule has 2 aromatic rings. The van der Waals surface area contributed by atoms with Gasteiger partial charge >= 0.3 is 0 Å². The van der Waals surface area contributed by atoms with Crippen LogP contribution in [-0.4, -0.2) is 23.2 Å². The average molecular weight is 317 g/mol. The number of aliphatic hydroxyl groups is 1. The maximum Gasteiger partial charge on any atom is 0.251 e. The van der Waals surface area contributed by atoms with Crippen molar-refractivity contribution in [2.24, 2.45) is 0 Å². The SMILES string of the molecule is O=C(NC[C@]1(O)CCc2ccccc2C1)c1ccc(F)c(F)c1. The molecule has 0 saturated heterocycles. The van der Waals surface area contributed by atoms with E-state index in [-0.39, 0.29) is 12.1 Å². The minimum Gasteiger partial charge on any atom is -0.388 e. The Kier molecular flexibility index (Phi) is 4.13. The van der Waals surface area contributed by atoms with Crippen molar-refractivity contribution in [2.75, 3.05) is 6.54 Å². The Morgan fingerprint density at radius 1 is 1.13 bits per heavy atom. The number of rotatable bonds is 3. The van der Waals surface area contributed by atoms with Crippen LogP contribution in [0.25, 0.3) is 0 Å². The minimum absolute atomic E-state index is 0.0312. The van der Waals surface area contributed by atoms with Gasteiger partial charge in [0, 0.05) is 18.5 Å². The predicted octanol–water partition coefficient (Wildman–Crippen LogP) is 2.61. The van der Waals surface area contributed by atoms with E-state index in [0.29, 0.717) is 12.8 Å². The van der Waals surface area contributed by atoms with E-state index >= 15 is 0 Å². The number of nitrogens with one attached hydrogen (secondary N) is 1. The Morgan fingerprint density at radius 3 is 2.61 bits per heavy atom. The first-order valence-corrected chi connectivity index (χ1v) is 7.49. The van der Waals surface area contributed by atoms with E-state index in [2.05, 4.69) is 5.32 Å². The molecule has 1 atom stereocenters. The van der Waals surface area contributed by atoms with Gasteiger partial charge in [0.2, 0.25) is 0 Å². The van der Waals surface area contributed by atoms with Crippen molar-refractivity contribution in [3.05, 3.63) is 70.8 Å². The molecule has 0 fully saturated rings. The van der Waals surface area contributed by atoms with E-state index in [4.69, 9.17) is 0 Å². The van der Waals surface area contributed by atoms with Gasteiger partial charge in [-0.25, -0.2) is 8.78 Å². The summed E-state index contributed by atoms with van der Waals surface area (Å²) in [7, 11) is 0. The Labute approximate surface area is 133 Å². The van der Waals surface area contributed by atoms with Gasteiger partial charge in [0.25, 0.3) is 5.91 Å². The number of amides is 1. The van der Waals surface area contributed by atoms with E-state index in [1.165, 1.54) is 11.6 Å². The second-order valence-corrected chi connectivity index (χ2v) is 5.98. The fourth-order valence-corrected chi connectivity index (χ4v) is 2.92. The topological polar surface area (TPSA) is 49.3 Å². The molecule has 0 heterocycles. The van der Waals surface area contributed by atoms with Gasteiger partial charge in [0.1, 0.15) is 0 Å². The van der Waals surface area contributed by atoms with E-state index in [0.717, 1.165) is 24.1 Å². The lowest BCUT2D eigenvalue weighted by Crippen LogP contribution is -2.46. The van der Waals surface area contributed by atoms with Crippen LogP contribution in [0.15, 0.2) is 42.5 Å². The highest BCUT2D eigenvalue weighted by Crippen LogP contribution is 2.28. The first-order valence-electron chi connectivity index (χ1n) is 7.49. The van der Waals surface area contributed by atoms with Crippen molar-refractivity contribution in [1.29, 1.82) is 0 Å². The highest BCUT2D eigenvalue weighted by molar-refractivity contribution is 5.94. The summed E-state index contributed by atoms with van der Waals surface area (Å²) in [5.74, 6) is -2.59. The maximum absolute atomic E-state index is 13.2. The quantitative estimate of drug-likeness (QED) is 0.914. The van der Waals surface area contributed by atoms with Crippen LogP contribution in [-0.2, 0) is 12.8 Å². The van der Waals surface area contributed by atoms with Gasteiger partial charge in [-0.3, -0.25) is 4.79 Å². The Morgan fingerprint density at radius 2 is 1.87 bits per heavy atom. The van der Waals surface area contributed by atoms with E-state index in [1.807, 2.05) is 24.3 Å². The normalized spacial score (nSPS) is 20.0. The summed E-state index contributed by atoms with van der Waals surface area (Å²) < 4.78 is 26.1. The van der Waals surface area contributed by atoms with Crippen LogP contribution in [0.3, 0.4) is 0 Å². The molecule has 2 aromatic carbocycles. The van der Waals surface area contributed by atoms with Crippen LogP contribution in [0, 0.1) is 11.6 Å². The van der Waals surface area contributed by atoms with Gasteiger partial charge in [0.05, 0.1) is 5.60 Å². The average Bonchev–Trinajstić information content (AvgIpc) is 2.55. The number of halogens is 2. The lowest BCUT2D eigenvalue weighted by Gasteiger charge is -2.33. The number of carbonyl (C=O) groups excluding carboxylic acids is 1. The fourth-order valence-electron chi connectivity index (χ4n) is 2.92. The molecule has 0 saturated carbocycles. The largest absolute Gasteiger partial charge is 0.388 e. The molecule has 120 valence electrons. The third kappa shape index (κ3) is 3.40. The van der Waals surface area contributed by atoms with Crippen molar-refractivity contribution >= 4 is 5.91 Å². The molecule has 0 spiro atoms. The van der Waals surface area contributed by atoms with Gasteiger partial charge in [0.15, 0.2) is 11.6 Å². The number of hydrogen-bond acceptors (Lipinski definition) is 2. The number of aryl methyl sites for hydroxylation is 1. The number of hydrogen-bond donors (Lipinski definition) is 2.